The van der Waals surface area contributed by atoms with E-state index in [1.807, 2.05) is 0 Å². The fourth-order valence-corrected chi connectivity index (χ4v) is 1.28. The molecule has 0 atom stereocenters. The number of esters is 3. The molecule has 0 bridgehead atoms. The average molecular weight is 300 g/mol. The lowest BCUT2D eigenvalue weighted by Gasteiger charge is -2.08. The summed E-state index contributed by atoms with van der Waals surface area (Å²) >= 11 is 0. The molecule has 0 amide bonds. The van der Waals surface area contributed by atoms with Crippen molar-refractivity contribution < 1.29 is 28.6 Å². The summed E-state index contributed by atoms with van der Waals surface area (Å²) in [4.78, 5) is 33.6. The smallest absolute Gasteiger partial charge is 0.333 e. The molecule has 0 aliphatic heterocycles. The number of rotatable bonds is 10. The third-order valence-corrected chi connectivity index (χ3v) is 2.28. The van der Waals surface area contributed by atoms with Gasteiger partial charge in [0.1, 0.15) is 0 Å². The van der Waals surface area contributed by atoms with Crippen LogP contribution in [0.15, 0.2) is 12.2 Å². The molecule has 6 heteroatoms. The van der Waals surface area contributed by atoms with E-state index in [9.17, 15) is 14.4 Å². The topological polar surface area (TPSA) is 78.9 Å². The summed E-state index contributed by atoms with van der Waals surface area (Å²) in [6.07, 6.45) is 1.03. The highest BCUT2D eigenvalue weighted by Gasteiger charge is 2.10. The highest BCUT2D eigenvalue weighted by atomic mass is 16.5. The maximum atomic E-state index is 11.3. The molecule has 0 aromatic rings. The SMILES string of the molecule is C=C(C)C(=O)OCCCCOC(=O)CCC(=O)OC(C)C. The number of hydrogen-bond acceptors (Lipinski definition) is 6. The Morgan fingerprint density at radius 3 is 2.00 bits per heavy atom. The van der Waals surface area contributed by atoms with Gasteiger partial charge < -0.3 is 14.2 Å². The normalized spacial score (nSPS) is 10.1. The minimum absolute atomic E-state index is 0.0101. The van der Waals surface area contributed by atoms with Gasteiger partial charge in [0.25, 0.3) is 0 Å². The molecular weight excluding hydrogens is 276 g/mol. The lowest BCUT2D eigenvalue weighted by molar-refractivity contribution is -0.152. The van der Waals surface area contributed by atoms with Crippen LogP contribution in [0.1, 0.15) is 46.5 Å². The van der Waals surface area contributed by atoms with E-state index in [1.165, 1.54) is 0 Å². The molecular formula is C15H24O6. The summed E-state index contributed by atoms with van der Waals surface area (Å²) in [6, 6.07) is 0. The second-order valence-electron chi connectivity index (χ2n) is 4.88. The molecule has 0 unspecified atom stereocenters. The maximum absolute atomic E-state index is 11.3. The first kappa shape index (κ1) is 19.1. The number of unbranched alkanes of at least 4 members (excludes halogenated alkanes) is 1. The Labute approximate surface area is 125 Å². The van der Waals surface area contributed by atoms with Crippen molar-refractivity contribution in [2.75, 3.05) is 13.2 Å². The van der Waals surface area contributed by atoms with Gasteiger partial charge >= 0.3 is 17.9 Å². The predicted octanol–water partition coefficient (Wildman–Crippen LogP) is 2.16. The van der Waals surface area contributed by atoms with E-state index in [2.05, 4.69) is 6.58 Å². The molecule has 0 rings (SSSR count). The summed E-state index contributed by atoms with van der Waals surface area (Å²) < 4.78 is 14.7. The van der Waals surface area contributed by atoms with Crippen LogP contribution in [0.2, 0.25) is 0 Å². The van der Waals surface area contributed by atoms with E-state index in [4.69, 9.17) is 14.2 Å². The summed E-state index contributed by atoms with van der Waals surface area (Å²) in [5.41, 5.74) is 0.356. The van der Waals surface area contributed by atoms with Gasteiger partial charge in [-0.25, -0.2) is 4.79 Å². The van der Waals surface area contributed by atoms with Crippen molar-refractivity contribution in [3.63, 3.8) is 0 Å². The Morgan fingerprint density at radius 2 is 1.48 bits per heavy atom. The quantitative estimate of drug-likeness (QED) is 0.266. The minimum atomic E-state index is -0.436. The van der Waals surface area contributed by atoms with E-state index in [-0.39, 0.29) is 32.2 Å². The Bertz CT molecular complexity index is 372. The fourth-order valence-electron chi connectivity index (χ4n) is 1.28. The van der Waals surface area contributed by atoms with Gasteiger partial charge in [0.05, 0.1) is 32.2 Å². The van der Waals surface area contributed by atoms with Crippen LogP contribution in [0, 0.1) is 0 Å². The van der Waals surface area contributed by atoms with E-state index in [0.29, 0.717) is 18.4 Å². The number of carbonyl (C=O) groups excluding carboxylic acids is 3. The van der Waals surface area contributed by atoms with Crippen molar-refractivity contribution in [1.29, 1.82) is 0 Å². The average Bonchev–Trinajstić information content (AvgIpc) is 2.39. The largest absolute Gasteiger partial charge is 0.466 e. The van der Waals surface area contributed by atoms with Gasteiger partial charge in [0.2, 0.25) is 0 Å². The molecule has 0 aliphatic carbocycles. The maximum Gasteiger partial charge on any atom is 0.333 e. The number of carbonyl (C=O) groups is 3. The highest BCUT2D eigenvalue weighted by Crippen LogP contribution is 2.01. The van der Waals surface area contributed by atoms with Crippen LogP contribution in [0.4, 0.5) is 0 Å². The zero-order chi connectivity index (χ0) is 16.3. The Morgan fingerprint density at radius 1 is 0.952 bits per heavy atom. The van der Waals surface area contributed by atoms with Crippen LogP contribution in [0.5, 0.6) is 0 Å². The van der Waals surface area contributed by atoms with Gasteiger partial charge in [-0.15, -0.1) is 0 Å². The fraction of sp³-hybridized carbons (Fsp3) is 0.667. The van der Waals surface area contributed by atoms with Crippen LogP contribution in [-0.4, -0.2) is 37.2 Å². The molecule has 0 saturated heterocycles. The minimum Gasteiger partial charge on any atom is -0.466 e. The molecule has 0 aromatic carbocycles. The third kappa shape index (κ3) is 11.7. The van der Waals surface area contributed by atoms with Crippen LogP contribution >= 0.6 is 0 Å². The second kappa shape index (κ2) is 10.9. The molecule has 21 heavy (non-hydrogen) atoms. The van der Waals surface area contributed by atoms with E-state index >= 15 is 0 Å². The van der Waals surface area contributed by atoms with Crippen LogP contribution in [0.25, 0.3) is 0 Å². The molecule has 0 radical (unpaired) electrons. The third-order valence-electron chi connectivity index (χ3n) is 2.28. The van der Waals surface area contributed by atoms with Crippen molar-refractivity contribution in [3.8, 4) is 0 Å². The second-order valence-corrected chi connectivity index (χ2v) is 4.88. The Kier molecular flexibility index (Phi) is 9.92. The van der Waals surface area contributed by atoms with Crippen molar-refractivity contribution >= 4 is 17.9 Å². The lowest BCUT2D eigenvalue weighted by atomic mass is 10.3. The molecule has 0 aromatic heterocycles. The van der Waals surface area contributed by atoms with Crippen molar-refractivity contribution in [3.05, 3.63) is 12.2 Å². The summed E-state index contributed by atoms with van der Waals surface area (Å²) in [5, 5.41) is 0. The first-order chi connectivity index (χ1) is 9.82. The summed E-state index contributed by atoms with van der Waals surface area (Å²) in [6.45, 7) is 9.04. The van der Waals surface area contributed by atoms with Gasteiger partial charge in [0, 0.05) is 5.57 Å². The highest BCUT2D eigenvalue weighted by molar-refractivity contribution is 5.86. The first-order valence-electron chi connectivity index (χ1n) is 7.00. The molecule has 0 fully saturated rings. The van der Waals surface area contributed by atoms with Gasteiger partial charge in [-0.05, 0) is 33.6 Å². The van der Waals surface area contributed by atoms with E-state index in [1.54, 1.807) is 20.8 Å². The number of ether oxygens (including phenoxy) is 3. The Balaban J connectivity index is 3.52. The van der Waals surface area contributed by atoms with Gasteiger partial charge in [-0.1, -0.05) is 6.58 Å². The predicted molar refractivity (Wildman–Crippen MR) is 76.4 cm³/mol. The van der Waals surface area contributed by atoms with Gasteiger partial charge in [-0.3, -0.25) is 9.59 Å². The van der Waals surface area contributed by atoms with Crippen molar-refractivity contribution in [1.82, 2.24) is 0 Å². The summed E-state index contributed by atoms with van der Waals surface area (Å²) in [7, 11) is 0. The van der Waals surface area contributed by atoms with Crippen molar-refractivity contribution in [2.45, 2.75) is 52.6 Å². The van der Waals surface area contributed by atoms with Crippen LogP contribution in [0.3, 0.4) is 0 Å². The Hall–Kier alpha value is -1.85. The van der Waals surface area contributed by atoms with E-state index < -0.39 is 17.9 Å². The molecule has 0 aliphatic rings. The first-order valence-corrected chi connectivity index (χ1v) is 7.00. The monoisotopic (exact) mass is 300 g/mol. The zero-order valence-corrected chi connectivity index (χ0v) is 13.0. The van der Waals surface area contributed by atoms with Gasteiger partial charge in [0.15, 0.2) is 0 Å². The van der Waals surface area contributed by atoms with Crippen LogP contribution < -0.4 is 0 Å². The van der Waals surface area contributed by atoms with Crippen LogP contribution in [-0.2, 0) is 28.6 Å². The molecule has 0 heterocycles. The van der Waals surface area contributed by atoms with Gasteiger partial charge in [-0.2, -0.15) is 0 Å². The zero-order valence-electron chi connectivity index (χ0n) is 13.0. The summed E-state index contributed by atoms with van der Waals surface area (Å²) in [5.74, 6) is -1.26. The molecule has 0 saturated carbocycles. The van der Waals surface area contributed by atoms with E-state index in [0.717, 1.165) is 0 Å². The molecule has 6 nitrogen and oxygen atoms in total. The number of hydrogen-bond donors (Lipinski definition) is 0. The molecule has 0 N–H and O–H groups in total. The standard InChI is InChI=1S/C15H24O6/c1-11(2)15(18)20-10-6-5-9-19-13(16)7-8-14(17)21-12(3)4/h12H,1,5-10H2,2-4H3. The van der Waals surface area contributed by atoms with Crippen molar-refractivity contribution in [2.24, 2.45) is 0 Å². The molecule has 120 valence electrons. The lowest BCUT2D eigenvalue weighted by Crippen LogP contribution is -2.14. The molecule has 0 spiro atoms.